The van der Waals surface area contributed by atoms with Gasteiger partial charge in [0.1, 0.15) is 0 Å². The molecule has 0 N–H and O–H groups in total. The van der Waals surface area contributed by atoms with Crippen molar-refractivity contribution in [3.8, 4) is 0 Å². The predicted octanol–water partition coefficient (Wildman–Crippen LogP) is 3.30. The second-order valence-electron chi connectivity index (χ2n) is 5.60. The van der Waals surface area contributed by atoms with Gasteiger partial charge < -0.3 is 4.74 Å². The summed E-state index contributed by atoms with van der Waals surface area (Å²) in [6, 6.07) is 9.12. The van der Waals surface area contributed by atoms with Crippen LogP contribution in [-0.4, -0.2) is 11.8 Å². The van der Waals surface area contributed by atoms with Crippen molar-refractivity contribution in [2.24, 2.45) is 5.41 Å². The molecule has 1 rings (SSSR count). The average Bonchev–Trinajstić information content (AvgIpc) is 2.24. The van der Waals surface area contributed by atoms with E-state index in [1.165, 1.54) is 6.92 Å². The Hall–Kier alpha value is -1.64. The summed E-state index contributed by atoms with van der Waals surface area (Å²) in [6.07, 6.45) is -0.414. The van der Waals surface area contributed by atoms with E-state index in [2.05, 4.69) is 0 Å². The van der Waals surface area contributed by atoms with Crippen molar-refractivity contribution in [1.82, 2.24) is 0 Å². The van der Waals surface area contributed by atoms with Gasteiger partial charge in [-0.2, -0.15) is 0 Å². The van der Waals surface area contributed by atoms with E-state index in [4.69, 9.17) is 4.74 Å². The maximum atomic E-state index is 12.2. The third-order valence-corrected chi connectivity index (χ3v) is 2.38. The number of esters is 1. The molecule has 0 aromatic heterocycles. The Morgan fingerprint density at radius 3 is 2.17 bits per heavy atom. The largest absolute Gasteiger partial charge is 0.450 e. The van der Waals surface area contributed by atoms with Crippen LogP contribution in [0.5, 0.6) is 0 Å². The third kappa shape index (κ3) is 4.70. The molecule has 1 aromatic rings. The molecule has 0 saturated carbocycles. The summed E-state index contributed by atoms with van der Waals surface area (Å²) >= 11 is 0. The number of carbonyl (C=O) groups excluding carboxylic acids is 2. The highest BCUT2D eigenvalue weighted by atomic mass is 16.5. The Kier molecular flexibility index (Phi) is 4.65. The number of ether oxygens (including phenoxy) is 1. The van der Waals surface area contributed by atoms with Crippen LogP contribution in [0.25, 0.3) is 0 Å². The fourth-order valence-corrected chi connectivity index (χ4v) is 1.73. The predicted molar refractivity (Wildman–Crippen MR) is 70.0 cm³/mol. The first-order valence-electron chi connectivity index (χ1n) is 6.04. The maximum Gasteiger partial charge on any atom is 0.303 e. The maximum absolute atomic E-state index is 12.2. The summed E-state index contributed by atoms with van der Waals surface area (Å²) in [6.45, 7) is 7.28. The van der Waals surface area contributed by atoms with Crippen LogP contribution in [0.2, 0.25) is 0 Å². The van der Waals surface area contributed by atoms with Gasteiger partial charge in [-0.05, 0) is 11.0 Å². The van der Waals surface area contributed by atoms with E-state index in [1.54, 1.807) is 12.1 Å². The summed E-state index contributed by atoms with van der Waals surface area (Å²) in [4.78, 5) is 23.3. The molecular weight excluding hydrogens is 228 g/mol. The highest BCUT2D eigenvalue weighted by Crippen LogP contribution is 2.27. The van der Waals surface area contributed by atoms with Gasteiger partial charge in [-0.25, -0.2) is 0 Å². The van der Waals surface area contributed by atoms with Crippen LogP contribution in [0.15, 0.2) is 30.3 Å². The summed E-state index contributed by atoms with van der Waals surface area (Å²) in [5.74, 6) is -0.505. The molecule has 0 saturated heterocycles. The van der Waals surface area contributed by atoms with Crippen LogP contribution in [0, 0.1) is 5.41 Å². The summed E-state index contributed by atoms with van der Waals surface area (Å²) in [7, 11) is 0. The smallest absolute Gasteiger partial charge is 0.303 e. The SMILES string of the molecule is CC(=O)OC(C(=O)CC(C)(C)C)c1ccccc1. The lowest BCUT2D eigenvalue weighted by molar-refractivity contribution is -0.154. The number of rotatable bonds is 4. The van der Waals surface area contributed by atoms with Gasteiger partial charge in [0.25, 0.3) is 0 Å². The Morgan fingerprint density at radius 1 is 1.17 bits per heavy atom. The van der Waals surface area contributed by atoms with Crippen LogP contribution in [-0.2, 0) is 14.3 Å². The molecule has 98 valence electrons. The molecule has 0 amide bonds. The normalized spacial score (nSPS) is 12.9. The lowest BCUT2D eigenvalue weighted by Gasteiger charge is -2.22. The van der Waals surface area contributed by atoms with E-state index in [0.29, 0.717) is 6.42 Å². The van der Waals surface area contributed by atoms with E-state index < -0.39 is 12.1 Å². The molecule has 0 spiro atoms. The lowest BCUT2D eigenvalue weighted by atomic mass is 9.87. The van der Waals surface area contributed by atoms with Crippen molar-refractivity contribution >= 4 is 11.8 Å². The minimum Gasteiger partial charge on any atom is -0.450 e. The van der Waals surface area contributed by atoms with E-state index in [0.717, 1.165) is 5.56 Å². The minimum atomic E-state index is -0.789. The van der Waals surface area contributed by atoms with Gasteiger partial charge in [0.2, 0.25) is 0 Å². The van der Waals surface area contributed by atoms with Crippen LogP contribution in [0.1, 0.15) is 45.8 Å². The molecule has 1 unspecified atom stereocenters. The molecule has 18 heavy (non-hydrogen) atoms. The second-order valence-corrected chi connectivity index (χ2v) is 5.60. The number of Topliss-reactive ketones (excluding diaryl/α,β-unsaturated/α-hetero) is 1. The van der Waals surface area contributed by atoms with Gasteiger partial charge in [0.15, 0.2) is 11.9 Å². The quantitative estimate of drug-likeness (QED) is 0.768. The summed E-state index contributed by atoms with van der Waals surface area (Å²) in [5.41, 5.74) is 0.603. The Morgan fingerprint density at radius 2 is 1.72 bits per heavy atom. The Bertz CT molecular complexity index is 415. The van der Waals surface area contributed by atoms with Crippen LogP contribution in [0.3, 0.4) is 0 Å². The molecule has 0 heterocycles. The number of ketones is 1. The molecule has 3 nitrogen and oxygen atoms in total. The van der Waals surface area contributed by atoms with Gasteiger partial charge in [-0.15, -0.1) is 0 Å². The van der Waals surface area contributed by atoms with Crippen LogP contribution in [0.4, 0.5) is 0 Å². The first-order chi connectivity index (χ1) is 8.29. The molecule has 0 aliphatic heterocycles. The van der Waals surface area contributed by atoms with Gasteiger partial charge in [-0.3, -0.25) is 9.59 Å². The molecule has 1 atom stereocenters. The molecule has 0 aliphatic carbocycles. The number of carbonyl (C=O) groups is 2. The zero-order valence-corrected chi connectivity index (χ0v) is 11.4. The minimum absolute atomic E-state index is 0.0658. The van der Waals surface area contributed by atoms with E-state index in [9.17, 15) is 9.59 Å². The molecule has 0 bridgehead atoms. The Balaban J connectivity index is 2.92. The van der Waals surface area contributed by atoms with Gasteiger partial charge >= 0.3 is 5.97 Å². The summed E-state index contributed by atoms with van der Waals surface area (Å²) in [5, 5.41) is 0. The van der Waals surface area contributed by atoms with E-state index in [1.807, 2.05) is 39.0 Å². The van der Waals surface area contributed by atoms with E-state index in [-0.39, 0.29) is 11.2 Å². The fraction of sp³-hybridized carbons (Fsp3) is 0.467. The zero-order chi connectivity index (χ0) is 13.8. The van der Waals surface area contributed by atoms with Gasteiger partial charge in [0, 0.05) is 13.3 Å². The standard InChI is InChI=1S/C15H20O3/c1-11(16)18-14(12-8-6-5-7-9-12)13(17)10-15(2,3)4/h5-9,14H,10H2,1-4H3. The highest BCUT2D eigenvalue weighted by Gasteiger charge is 2.27. The van der Waals surface area contributed by atoms with Gasteiger partial charge in [-0.1, -0.05) is 51.1 Å². The zero-order valence-electron chi connectivity index (χ0n) is 11.4. The van der Waals surface area contributed by atoms with Crippen molar-refractivity contribution in [3.63, 3.8) is 0 Å². The highest BCUT2D eigenvalue weighted by molar-refractivity contribution is 5.86. The molecule has 3 heteroatoms. The van der Waals surface area contributed by atoms with Gasteiger partial charge in [0.05, 0.1) is 0 Å². The topological polar surface area (TPSA) is 43.4 Å². The third-order valence-electron chi connectivity index (χ3n) is 2.38. The van der Waals surface area contributed by atoms with Crippen LogP contribution < -0.4 is 0 Å². The van der Waals surface area contributed by atoms with Crippen molar-refractivity contribution in [3.05, 3.63) is 35.9 Å². The van der Waals surface area contributed by atoms with Crippen molar-refractivity contribution in [2.45, 2.75) is 40.2 Å². The molecule has 0 aliphatic rings. The van der Waals surface area contributed by atoms with E-state index >= 15 is 0 Å². The number of hydrogen-bond acceptors (Lipinski definition) is 3. The second kappa shape index (κ2) is 5.80. The molecule has 0 radical (unpaired) electrons. The first kappa shape index (κ1) is 14.4. The van der Waals surface area contributed by atoms with Crippen LogP contribution >= 0.6 is 0 Å². The van der Waals surface area contributed by atoms with Crippen molar-refractivity contribution in [1.29, 1.82) is 0 Å². The average molecular weight is 248 g/mol. The molecule has 1 aromatic carbocycles. The number of benzene rings is 1. The fourth-order valence-electron chi connectivity index (χ4n) is 1.73. The first-order valence-corrected chi connectivity index (χ1v) is 6.04. The van der Waals surface area contributed by atoms with Crippen molar-refractivity contribution < 1.29 is 14.3 Å². The monoisotopic (exact) mass is 248 g/mol. The number of hydrogen-bond donors (Lipinski definition) is 0. The summed E-state index contributed by atoms with van der Waals surface area (Å²) < 4.78 is 5.16. The molecular formula is C15H20O3. The van der Waals surface area contributed by atoms with Crippen molar-refractivity contribution in [2.75, 3.05) is 0 Å². The lowest BCUT2D eigenvalue weighted by Crippen LogP contribution is -2.23. The molecule has 0 fully saturated rings. The Labute approximate surface area is 108 Å².